The van der Waals surface area contributed by atoms with Gasteiger partial charge in [0.15, 0.2) is 0 Å². The van der Waals surface area contributed by atoms with E-state index >= 15 is 0 Å². The van der Waals surface area contributed by atoms with E-state index in [1.54, 1.807) is 0 Å². The minimum Gasteiger partial charge on any atom is -0.368 e. The molecule has 1 heterocycles. The number of nitrogens with one attached hydrogen (secondary N) is 1. The Morgan fingerprint density at radius 3 is 2.52 bits per heavy atom. The number of imidazole rings is 1. The summed E-state index contributed by atoms with van der Waals surface area (Å²) in [7, 11) is 0. The molecule has 4 fully saturated rings. The lowest BCUT2D eigenvalue weighted by atomic mass is 9.44. The van der Waals surface area contributed by atoms with Gasteiger partial charge in [-0.15, -0.1) is 13.2 Å². The Labute approximate surface area is 181 Å². The molecule has 0 radical (unpaired) electrons. The highest BCUT2D eigenvalue weighted by molar-refractivity contribution is 6.30. The van der Waals surface area contributed by atoms with Crippen molar-refractivity contribution in [3.8, 4) is 11.3 Å². The number of hydrogen-bond donors (Lipinski definition) is 1. The zero-order chi connectivity index (χ0) is 21.9. The fraction of sp³-hybridized carbons (Fsp3) is 0.524. The number of benzene rings is 1. The monoisotopic (exact) mass is 455 g/mol. The van der Waals surface area contributed by atoms with Crippen LogP contribution in [0.4, 0.5) is 13.2 Å². The lowest BCUT2D eigenvalue weighted by Gasteiger charge is -2.70. The molecular weight excluding hydrogens is 435 g/mol. The number of halogens is 4. The maximum absolute atomic E-state index is 12.2. The van der Waals surface area contributed by atoms with Gasteiger partial charge in [-0.2, -0.15) is 0 Å². The molecule has 0 unspecified atom stereocenters. The number of nitrogens with zero attached hydrogens (tertiary/aromatic N) is 2. The molecule has 166 valence electrons. The van der Waals surface area contributed by atoms with E-state index in [1.807, 2.05) is 36.8 Å². The first-order valence-corrected chi connectivity index (χ1v) is 10.5. The molecule has 0 atom stereocenters. The summed E-state index contributed by atoms with van der Waals surface area (Å²) in [5.74, 6) is -0.235. The van der Waals surface area contributed by atoms with E-state index in [-0.39, 0.29) is 42.5 Å². The third kappa shape index (κ3) is 4.06. The van der Waals surface area contributed by atoms with Gasteiger partial charge >= 0.3 is 6.36 Å². The fourth-order valence-electron chi connectivity index (χ4n) is 4.96. The summed E-state index contributed by atoms with van der Waals surface area (Å²) < 4.78 is 47.8. The number of hydrogen-bond acceptors (Lipinski definition) is 4. The number of carbonyl (C=O) groups excluding carboxylic acids is 1. The predicted octanol–water partition coefficient (Wildman–Crippen LogP) is 4.04. The first-order valence-electron chi connectivity index (χ1n) is 10.1. The summed E-state index contributed by atoms with van der Waals surface area (Å²) >= 11 is 5.94. The van der Waals surface area contributed by atoms with Crippen LogP contribution < -0.4 is 5.32 Å². The van der Waals surface area contributed by atoms with Crippen molar-refractivity contribution in [2.45, 2.75) is 61.8 Å². The van der Waals surface area contributed by atoms with Crippen LogP contribution in [-0.4, -0.2) is 46.2 Å². The van der Waals surface area contributed by atoms with Crippen LogP contribution in [0.15, 0.2) is 36.8 Å². The number of rotatable bonds is 7. The van der Waals surface area contributed by atoms with Gasteiger partial charge in [-0.1, -0.05) is 23.7 Å². The molecule has 6 rings (SSSR count). The van der Waals surface area contributed by atoms with Crippen molar-refractivity contribution in [1.82, 2.24) is 14.9 Å². The molecule has 1 amide bonds. The standard InChI is InChI=1S/C21H21ClF3N3O3/c22-14-3-1-13(2-4-14)17-7-28(12-26-17)20-9-19(10-20,11-20)27-18(29)8-30-15-5-16(6-15)31-21(23,24)25/h1-4,7,12,15-16H,5-6,8-11H2,(H,27,29). The number of aromatic nitrogens is 2. The largest absolute Gasteiger partial charge is 0.522 e. The molecule has 4 saturated carbocycles. The Morgan fingerprint density at radius 2 is 1.87 bits per heavy atom. The van der Waals surface area contributed by atoms with E-state index in [0.717, 1.165) is 30.5 Å². The summed E-state index contributed by atoms with van der Waals surface area (Å²) in [4.78, 5) is 16.7. The molecule has 2 aromatic rings. The maximum Gasteiger partial charge on any atom is 0.522 e. The third-order valence-corrected chi connectivity index (χ3v) is 6.73. The Kier molecular flexibility index (Phi) is 4.84. The summed E-state index contributed by atoms with van der Waals surface area (Å²) in [6, 6.07) is 7.52. The van der Waals surface area contributed by atoms with Gasteiger partial charge in [0.25, 0.3) is 0 Å². The van der Waals surface area contributed by atoms with Crippen LogP contribution in [0.25, 0.3) is 11.3 Å². The predicted molar refractivity (Wildman–Crippen MR) is 105 cm³/mol. The average molecular weight is 456 g/mol. The van der Waals surface area contributed by atoms with Crippen molar-refractivity contribution in [3.05, 3.63) is 41.8 Å². The molecule has 31 heavy (non-hydrogen) atoms. The van der Waals surface area contributed by atoms with Gasteiger partial charge < -0.3 is 14.6 Å². The number of alkyl halides is 3. The Morgan fingerprint density at radius 1 is 1.19 bits per heavy atom. The number of amides is 1. The SMILES string of the molecule is O=C(COC1CC(OC(F)(F)F)C1)NC12CC(n3cnc(-c4ccc(Cl)cc4)c3)(C1)C2. The van der Waals surface area contributed by atoms with Crippen LogP contribution in [0.1, 0.15) is 32.1 Å². The summed E-state index contributed by atoms with van der Waals surface area (Å²) in [5.41, 5.74) is 1.64. The van der Waals surface area contributed by atoms with Crippen molar-refractivity contribution in [1.29, 1.82) is 0 Å². The average Bonchev–Trinajstić information content (AvgIpc) is 3.08. The van der Waals surface area contributed by atoms with Gasteiger partial charge in [0.05, 0.1) is 29.8 Å². The summed E-state index contributed by atoms with van der Waals surface area (Å²) in [5, 5.41) is 3.70. The molecule has 2 bridgehead atoms. The molecule has 1 aromatic heterocycles. The molecule has 4 aliphatic rings. The van der Waals surface area contributed by atoms with Gasteiger partial charge in [0.2, 0.25) is 5.91 Å². The third-order valence-electron chi connectivity index (χ3n) is 6.48. The van der Waals surface area contributed by atoms with Gasteiger partial charge in [-0.25, -0.2) is 4.98 Å². The van der Waals surface area contributed by atoms with Gasteiger partial charge in [-0.05, 0) is 31.4 Å². The zero-order valence-electron chi connectivity index (χ0n) is 16.5. The van der Waals surface area contributed by atoms with Crippen LogP contribution in [0.2, 0.25) is 5.02 Å². The molecular formula is C21H21ClF3N3O3. The molecule has 0 saturated heterocycles. The molecule has 6 nitrogen and oxygen atoms in total. The highest BCUT2D eigenvalue weighted by atomic mass is 35.5. The quantitative estimate of drug-likeness (QED) is 0.684. The second-order valence-corrected chi connectivity index (χ2v) is 9.28. The normalized spacial score (nSPS) is 31.4. The van der Waals surface area contributed by atoms with Gasteiger partial charge in [-0.3, -0.25) is 9.53 Å². The molecule has 0 spiro atoms. The highest BCUT2D eigenvalue weighted by Gasteiger charge is 2.69. The van der Waals surface area contributed by atoms with Crippen molar-refractivity contribution in [2.24, 2.45) is 0 Å². The summed E-state index contributed by atoms with van der Waals surface area (Å²) in [6.07, 6.45) is 0.759. The first kappa shape index (κ1) is 20.8. The van der Waals surface area contributed by atoms with Crippen LogP contribution in [0.5, 0.6) is 0 Å². The lowest BCUT2D eigenvalue weighted by molar-refractivity contribution is -0.357. The summed E-state index contributed by atoms with van der Waals surface area (Å²) in [6.45, 7) is -0.149. The van der Waals surface area contributed by atoms with Crippen LogP contribution in [-0.2, 0) is 19.8 Å². The van der Waals surface area contributed by atoms with E-state index in [4.69, 9.17) is 16.3 Å². The topological polar surface area (TPSA) is 65.4 Å². The van der Waals surface area contributed by atoms with Crippen molar-refractivity contribution in [2.75, 3.05) is 6.61 Å². The van der Waals surface area contributed by atoms with Crippen molar-refractivity contribution in [3.63, 3.8) is 0 Å². The molecule has 10 heteroatoms. The number of carbonyl (C=O) groups is 1. The second kappa shape index (κ2) is 7.21. The molecule has 1 aromatic carbocycles. The highest BCUT2D eigenvalue weighted by Crippen LogP contribution is 2.65. The van der Waals surface area contributed by atoms with E-state index in [2.05, 4.69) is 19.6 Å². The van der Waals surface area contributed by atoms with Crippen LogP contribution in [0, 0.1) is 0 Å². The van der Waals surface area contributed by atoms with E-state index < -0.39 is 12.5 Å². The molecule has 1 N–H and O–H groups in total. The Hall–Kier alpha value is -2.10. The van der Waals surface area contributed by atoms with E-state index in [1.165, 1.54) is 0 Å². The van der Waals surface area contributed by atoms with Crippen molar-refractivity contribution >= 4 is 17.5 Å². The van der Waals surface area contributed by atoms with Gasteiger partial charge in [0.1, 0.15) is 6.61 Å². The second-order valence-electron chi connectivity index (χ2n) is 8.85. The lowest BCUT2D eigenvalue weighted by Crippen LogP contribution is -2.78. The first-order chi connectivity index (χ1) is 14.6. The zero-order valence-corrected chi connectivity index (χ0v) is 17.2. The Bertz CT molecular complexity index is 966. The Balaban J connectivity index is 1.06. The maximum atomic E-state index is 12.2. The minimum atomic E-state index is -4.63. The number of ether oxygens (including phenoxy) is 2. The van der Waals surface area contributed by atoms with Gasteiger partial charge in [0, 0.05) is 35.2 Å². The van der Waals surface area contributed by atoms with E-state index in [9.17, 15) is 18.0 Å². The molecule has 4 aliphatic carbocycles. The van der Waals surface area contributed by atoms with Crippen LogP contribution >= 0.6 is 11.6 Å². The fourth-order valence-corrected chi connectivity index (χ4v) is 5.08. The van der Waals surface area contributed by atoms with Crippen molar-refractivity contribution < 1.29 is 27.4 Å². The smallest absolute Gasteiger partial charge is 0.368 e. The molecule has 0 aliphatic heterocycles. The minimum absolute atomic E-state index is 0.0120. The van der Waals surface area contributed by atoms with Crippen LogP contribution in [0.3, 0.4) is 0 Å². The van der Waals surface area contributed by atoms with E-state index in [0.29, 0.717) is 5.02 Å².